The lowest BCUT2D eigenvalue weighted by molar-refractivity contribution is -0.115. The van der Waals surface area contributed by atoms with E-state index in [0.29, 0.717) is 11.7 Å². The number of nitrogens with zero attached hydrogens (tertiary/aromatic N) is 2. The quantitative estimate of drug-likeness (QED) is 0.946. The highest BCUT2D eigenvalue weighted by atomic mass is 79.9. The molecule has 1 aromatic carbocycles. The van der Waals surface area contributed by atoms with Crippen molar-refractivity contribution >= 4 is 27.5 Å². The van der Waals surface area contributed by atoms with Gasteiger partial charge in [0.05, 0.1) is 6.42 Å². The minimum Gasteiger partial charge on any atom is -0.340 e. The van der Waals surface area contributed by atoms with Crippen LogP contribution in [0.1, 0.15) is 17.3 Å². The second-order valence-corrected chi connectivity index (χ2v) is 4.83. The van der Waals surface area contributed by atoms with Crippen molar-refractivity contribution in [2.75, 3.05) is 5.32 Å². The number of anilines is 1. The monoisotopic (exact) mass is 309 g/mol. The molecule has 2 aromatic rings. The van der Waals surface area contributed by atoms with E-state index >= 15 is 0 Å². The Labute approximate surface area is 113 Å². The Morgan fingerprint density at radius 3 is 2.83 bits per heavy atom. The summed E-state index contributed by atoms with van der Waals surface area (Å²) in [6.45, 7) is 3.62. The zero-order chi connectivity index (χ0) is 13.1. The predicted molar refractivity (Wildman–Crippen MR) is 70.2 cm³/mol. The van der Waals surface area contributed by atoms with Gasteiger partial charge in [-0.15, -0.1) is 0 Å². The molecule has 0 saturated heterocycles. The van der Waals surface area contributed by atoms with E-state index in [0.717, 1.165) is 15.7 Å². The molecule has 0 atom stereocenters. The molecule has 0 unspecified atom stereocenters. The molecule has 5 nitrogen and oxygen atoms in total. The molecule has 18 heavy (non-hydrogen) atoms. The number of halogens is 1. The van der Waals surface area contributed by atoms with Crippen LogP contribution in [0.25, 0.3) is 0 Å². The second-order valence-electron chi connectivity index (χ2n) is 3.91. The fourth-order valence-corrected chi connectivity index (χ4v) is 1.99. The molecule has 6 heteroatoms. The highest BCUT2D eigenvalue weighted by Crippen LogP contribution is 2.20. The van der Waals surface area contributed by atoms with Gasteiger partial charge in [-0.25, -0.2) is 0 Å². The number of carbonyl (C=O) groups is 1. The van der Waals surface area contributed by atoms with Gasteiger partial charge >= 0.3 is 0 Å². The Bertz CT molecular complexity index is 580. The van der Waals surface area contributed by atoms with E-state index in [9.17, 15) is 4.79 Å². The van der Waals surface area contributed by atoms with Crippen LogP contribution in [0.5, 0.6) is 0 Å². The van der Waals surface area contributed by atoms with Gasteiger partial charge in [-0.05, 0) is 30.7 Å². The lowest BCUT2D eigenvalue weighted by atomic mass is 10.2. The van der Waals surface area contributed by atoms with E-state index in [2.05, 4.69) is 31.4 Å². The molecular weight excluding hydrogens is 298 g/mol. The summed E-state index contributed by atoms with van der Waals surface area (Å²) in [6.07, 6.45) is 0.104. The maximum absolute atomic E-state index is 11.8. The van der Waals surface area contributed by atoms with Gasteiger partial charge in [0, 0.05) is 17.1 Å². The molecule has 1 N–H and O–H groups in total. The summed E-state index contributed by atoms with van der Waals surface area (Å²) in [5.74, 6) is 0.679. The zero-order valence-corrected chi connectivity index (χ0v) is 11.6. The summed E-state index contributed by atoms with van der Waals surface area (Å²) in [5, 5.41) is 6.49. The molecule has 1 heterocycles. The molecule has 94 valence electrons. The van der Waals surface area contributed by atoms with Gasteiger partial charge in [0.25, 0.3) is 0 Å². The third kappa shape index (κ3) is 3.16. The second kappa shape index (κ2) is 5.30. The molecule has 0 aliphatic carbocycles. The van der Waals surface area contributed by atoms with Crippen LogP contribution in [-0.2, 0) is 11.2 Å². The van der Waals surface area contributed by atoms with Gasteiger partial charge in [-0.1, -0.05) is 21.1 Å². The Morgan fingerprint density at radius 2 is 2.22 bits per heavy atom. The largest absolute Gasteiger partial charge is 0.340 e. The van der Waals surface area contributed by atoms with Gasteiger partial charge < -0.3 is 9.84 Å². The van der Waals surface area contributed by atoms with Crippen molar-refractivity contribution < 1.29 is 9.32 Å². The third-order valence-electron chi connectivity index (χ3n) is 2.35. The number of nitrogens with one attached hydrogen (secondary N) is 1. The standard InChI is InChI=1S/C12H12BrN3O2/c1-7-5-9(13)3-4-10(7)15-12(17)6-11-14-8(2)18-16-11/h3-5H,6H2,1-2H3,(H,15,17). The molecular formula is C12H12BrN3O2. The number of benzene rings is 1. The predicted octanol–water partition coefficient (Wildman–Crippen LogP) is 2.63. The van der Waals surface area contributed by atoms with Crippen LogP contribution in [0.2, 0.25) is 0 Å². The van der Waals surface area contributed by atoms with Gasteiger partial charge in [0.2, 0.25) is 11.8 Å². The van der Waals surface area contributed by atoms with Crippen LogP contribution in [0, 0.1) is 13.8 Å². The van der Waals surface area contributed by atoms with E-state index in [4.69, 9.17) is 4.52 Å². The topological polar surface area (TPSA) is 68.0 Å². The number of hydrogen-bond donors (Lipinski definition) is 1. The SMILES string of the molecule is Cc1nc(CC(=O)Nc2ccc(Br)cc2C)no1. The molecule has 1 aromatic heterocycles. The summed E-state index contributed by atoms with van der Waals surface area (Å²) in [6, 6.07) is 5.66. The minimum atomic E-state index is -0.166. The smallest absolute Gasteiger partial charge is 0.232 e. The number of amides is 1. The summed E-state index contributed by atoms with van der Waals surface area (Å²) >= 11 is 3.37. The zero-order valence-electron chi connectivity index (χ0n) is 10.0. The molecule has 0 bridgehead atoms. The fraction of sp³-hybridized carbons (Fsp3) is 0.250. The van der Waals surface area contributed by atoms with Crippen LogP contribution < -0.4 is 5.32 Å². The van der Waals surface area contributed by atoms with Crippen molar-refractivity contribution in [3.63, 3.8) is 0 Å². The first-order valence-electron chi connectivity index (χ1n) is 5.40. The van der Waals surface area contributed by atoms with E-state index < -0.39 is 0 Å². The molecule has 0 fully saturated rings. The number of aryl methyl sites for hydroxylation is 2. The van der Waals surface area contributed by atoms with Crippen LogP contribution in [0.4, 0.5) is 5.69 Å². The van der Waals surface area contributed by atoms with E-state index in [1.807, 2.05) is 25.1 Å². The van der Waals surface area contributed by atoms with E-state index in [1.54, 1.807) is 6.92 Å². The number of rotatable bonds is 3. The van der Waals surface area contributed by atoms with Crippen molar-refractivity contribution in [3.8, 4) is 0 Å². The maximum atomic E-state index is 11.8. The van der Waals surface area contributed by atoms with Gasteiger partial charge in [0.1, 0.15) is 0 Å². The first-order chi connectivity index (χ1) is 8.54. The summed E-state index contributed by atoms with van der Waals surface area (Å²) in [7, 11) is 0. The number of hydrogen-bond acceptors (Lipinski definition) is 4. The Balaban J connectivity index is 2.03. The van der Waals surface area contributed by atoms with E-state index in [1.165, 1.54) is 0 Å². The van der Waals surface area contributed by atoms with Gasteiger partial charge in [-0.2, -0.15) is 4.98 Å². The van der Waals surface area contributed by atoms with Gasteiger partial charge in [-0.3, -0.25) is 4.79 Å². The number of carbonyl (C=O) groups excluding carboxylic acids is 1. The van der Waals surface area contributed by atoms with Gasteiger partial charge in [0.15, 0.2) is 5.82 Å². The molecule has 2 rings (SSSR count). The average molecular weight is 310 g/mol. The molecule has 0 aliphatic heterocycles. The first kappa shape index (κ1) is 12.8. The Hall–Kier alpha value is -1.69. The Kier molecular flexibility index (Phi) is 3.76. The van der Waals surface area contributed by atoms with Crippen LogP contribution in [0.3, 0.4) is 0 Å². The van der Waals surface area contributed by atoms with Crippen molar-refractivity contribution in [2.45, 2.75) is 20.3 Å². The van der Waals surface area contributed by atoms with Crippen molar-refractivity contribution in [3.05, 3.63) is 40.0 Å². The molecule has 1 amide bonds. The third-order valence-corrected chi connectivity index (χ3v) is 2.84. The lowest BCUT2D eigenvalue weighted by Crippen LogP contribution is -2.15. The Morgan fingerprint density at radius 1 is 1.44 bits per heavy atom. The summed E-state index contributed by atoms with van der Waals surface area (Å²) in [5.41, 5.74) is 1.77. The molecule has 0 saturated carbocycles. The molecule has 0 radical (unpaired) electrons. The highest BCUT2D eigenvalue weighted by Gasteiger charge is 2.10. The minimum absolute atomic E-state index is 0.104. The summed E-state index contributed by atoms with van der Waals surface area (Å²) in [4.78, 5) is 15.8. The highest BCUT2D eigenvalue weighted by molar-refractivity contribution is 9.10. The molecule has 0 aliphatic rings. The van der Waals surface area contributed by atoms with Crippen molar-refractivity contribution in [1.82, 2.24) is 10.1 Å². The fourth-order valence-electron chi connectivity index (χ4n) is 1.52. The lowest BCUT2D eigenvalue weighted by Gasteiger charge is -2.07. The maximum Gasteiger partial charge on any atom is 0.232 e. The van der Waals surface area contributed by atoms with Crippen molar-refractivity contribution in [2.24, 2.45) is 0 Å². The van der Waals surface area contributed by atoms with Crippen LogP contribution in [0.15, 0.2) is 27.2 Å². The van der Waals surface area contributed by atoms with Crippen LogP contribution >= 0.6 is 15.9 Å². The van der Waals surface area contributed by atoms with Crippen molar-refractivity contribution in [1.29, 1.82) is 0 Å². The van der Waals surface area contributed by atoms with E-state index in [-0.39, 0.29) is 12.3 Å². The normalized spacial score (nSPS) is 10.4. The first-order valence-corrected chi connectivity index (χ1v) is 6.19. The molecule has 0 spiro atoms. The average Bonchev–Trinajstić information content (AvgIpc) is 2.68. The van der Waals surface area contributed by atoms with Crippen LogP contribution in [-0.4, -0.2) is 16.0 Å². The summed E-state index contributed by atoms with van der Waals surface area (Å²) < 4.78 is 5.79. The number of aromatic nitrogens is 2.